The van der Waals surface area contributed by atoms with Crippen LogP contribution in [0.4, 0.5) is 17.2 Å². The molecule has 0 bridgehead atoms. The topological polar surface area (TPSA) is 79.3 Å². The number of anilines is 3. The minimum absolute atomic E-state index is 0.0516. The largest absolute Gasteiger partial charge is 0.355 e. The maximum absolute atomic E-state index is 12.9. The van der Waals surface area contributed by atoms with Gasteiger partial charge in [0, 0.05) is 31.6 Å². The van der Waals surface area contributed by atoms with Crippen LogP contribution in [-0.4, -0.2) is 34.7 Å². The lowest BCUT2D eigenvalue weighted by Crippen LogP contribution is -2.39. The third kappa shape index (κ3) is 4.51. The van der Waals surface area contributed by atoms with E-state index >= 15 is 0 Å². The smallest absolute Gasteiger partial charge is 0.227 e. The standard InChI is InChI=1S/C25H29N5O2/c1-17-9-7-8-12-22(17)27-24(32)20-13-15-29(16-14-20)25-23(26-19(3)31)18(2)28-30(25)21-10-5-4-6-11-21/h4-12,20H,13-16H2,1-3H3,(H,26,31)(H,27,32). The summed E-state index contributed by atoms with van der Waals surface area (Å²) >= 11 is 0. The number of piperidine rings is 1. The summed E-state index contributed by atoms with van der Waals surface area (Å²) in [5, 5.41) is 10.7. The normalized spacial score (nSPS) is 14.3. The third-order valence-electron chi connectivity index (χ3n) is 5.91. The van der Waals surface area contributed by atoms with Crippen molar-refractivity contribution in [1.82, 2.24) is 9.78 Å². The first-order valence-corrected chi connectivity index (χ1v) is 11.0. The molecule has 0 aliphatic carbocycles. The van der Waals surface area contributed by atoms with Gasteiger partial charge in [0.1, 0.15) is 5.69 Å². The molecule has 2 aromatic carbocycles. The summed E-state index contributed by atoms with van der Waals surface area (Å²) in [6.45, 7) is 6.81. The van der Waals surface area contributed by atoms with Gasteiger partial charge in [-0.25, -0.2) is 4.68 Å². The van der Waals surface area contributed by atoms with Gasteiger partial charge in [-0.1, -0.05) is 36.4 Å². The van der Waals surface area contributed by atoms with Crippen LogP contribution in [0, 0.1) is 19.8 Å². The highest BCUT2D eigenvalue weighted by Gasteiger charge is 2.30. The monoisotopic (exact) mass is 431 g/mol. The van der Waals surface area contributed by atoms with Crippen LogP contribution in [0.25, 0.3) is 5.69 Å². The Balaban J connectivity index is 1.54. The van der Waals surface area contributed by atoms with Crippen molar-refractivity contribution >= 4 is 29.0 Å². The number of benzene rings is 2. The fraction of sp³-hybridized carbons (Fsp3) is 0.320. The van der Waals surface area contributed by atoms with Gasteiger partial charge in [0.15, 0.2) is 5.82 Å². The zero-order chi connectivity index (χ0) is 22.7. The Bertz CT molecular complexity index is 1110. The summed E-state index contributed by atoms with van der Waals surface area (Å²) in [7, 11) is 0. The molecule has 7 nitrogen and oxygen atoms in total. The number of carbonyl (C=O) groups excluding carboxylic acids is 2. The molecule has 1 aliphatic rings. The van der Waals surface area contributed by atoms with E-state index < -0.39 is 0 Å². The molecule has 166 valence electrons. The molecule has 2 amide bonds. The quantitative estimate of drug-likeness (QED) is 0.631. The maximum atomic E-state index is 12.9. The molecule has 2 heterocycles. The summed E-state index contributed by atoms with van der Waals surface area (Å²) in [6, 6.07) is 17.7. The van der Waals surface area contributed by atoms with E-state index in [9.17, 15) is 9.59 Å². The molecule has 0 spiro atoms. The molecule has 0 atom stereocenters. The lowest BCUT2D eigenvalue weighted by Gasteiger charge is -2.33. The second kappa shape index (κ2) is 9.26. The van der Waals surface area contributed by atoms with Crippen LogP contribution >= 0.6 is 0 Å². The van der Waals surface area contributed by atoms with E-state index in [1.807, 2.05) is 73.1 Å². The van der Waals surface area contributed by atoms with Crippen molar-refractivity contribution in [2.24, 2.45) is 5.92 Å². The van der Waals surface area contributed by atoms with Crippen molar-refractivity contribution in [3.8, 4) is 5.69 Å². The number of carbonyl (C=O) groups is 2. The number of amides is 2. The van der Waals surface area contributed by atoms with E-state index in [1.165, 1.54) is 6.92 Å². The van der Waals surface area contributed by atoms with Gasteiger partial charge in [-0.2, -0.15) is 5.10 Å². The fourth-order valence-electron chi connectivity index (χ4n) is 4.18. The number of aryl methyl sites for hydroxylation is 2. The Labute approximate surface area is 188 Å². The van der Waals surface area contributed by atoms with Crippen molar-refractivity contribution in [3.63, 3.8) is 0 Å². The molecule has 1 aromatic heterocycles. The molecule has 1 saturated heterocycles. The highest BCUT2D eigenvalue weighted by Crippen LogP contribution is 2.35. The SMILES string of the molecule is CC(=O)Nc1c(C)nn(-c2ccccc2)c1N1CCC(C(=O)Nc2ccccc2C)CC1. The van der Waals surface area contributed by atoms with Crippen LogP contribution in [0.5, 0.6) is 0 Å². The van der Waals surface area contributed by atoms with Crippen LogP contribution in [0.3, 0.4) is 0 Å². The molecular formula is C25H29N5O2. The highest BCUT2D eigenvalue weighted by molar-refractivity contribution is 5.94. The number of nitrogens with zero attached hydrogens (tertiary/aromatic N) is 3. The molecule has 2 N–H and O–H groups in total. The lowest BCUT2D eigenvalue weighted by atomic mass is 9.95. The molecule has 3 aromatic rings. The fourth-order valence-corrected chi connectivity index (χ4v) is 4.18. The highest BCUT2D eigenvalue weighted by atomic mass is 16.2. The molecular weight excluding hydrogens is 402 g/mol. The van der Waals surface area contributed by atoms with Gasteiger partial charge in [-0.15, -0.1) is 0 Å². The average molecular weight is 432 g/mol. The van der Waals surface area contributed by atoms with Gasteiger partial charge in [0.2, 0.25) is 11.8 Å². The Morgan fingerprint density at radius 3 is 2.25 bits per heavy atom. The number of aromatic nitrogens is 2. The molecule has 1 fully saturated rings. The van der Waals surface area contributed by atoms with E-state index in [-0.39, 0.29) is 17.7 Å². The van der Waals surface area contributed by atoms with Crippen LogP contribution in [0.1, 0.15) is 31.0 Å². The van der Waals surface area contributed by atoms with E-state index in [4.69, 9.17) is 5.10 Å². The predicted molar refractivity (Wildman–Crippen MR) is 127 cm³/mol. The zero-order valence-electron chi connectivity index (χ0n) is 18.8. The number of hydrogen-bond donors (Lipinski definition) is 2. The van der Waals surface area contributed by atoms with E-state index in [0.29, 0.717) is 13.1 Å². The molecule has 7 heteroatoms. The van der Waals surface area contributed by atoms with Gasteiger partial charge in [0.25, 0.3) is 0 Å². The Morgan fingerprint density at radius 1 is 0.938 bits per heavy atom. The van der Waals surface area contributed by atoms with Gasteiger partial charge in [-0.05, 0) is 50.5 Å². The number of hydrogen-bond acceptors (Lipinski definition) is 4. The van der Waals surface area contributed by atoms with Crippen LogP contribution < -0.4 is 15.5 Å². The van der Waals surface area contributed by atoms with Gasteiger partial charge >= 0.3 is 0 Å². The second-order valence-corrected chi connectivity index (χ2v) is 8.28. The van der Waals surface area contributed by atoms with Gasteiger partial charge in [0.05, 0.1) is 11.4 Å². The molecule has 1 aliphatic heterocycles. The second-order valence-electron chi connectivity index (χ2n) is 8.28. The van der Waals surface area contributed by atoms with Gasteiger partial charge < -0.3 is 15.5 Å². The minimum atomic E-state index is -0.130. The van der Waals surface area contributed by atoms with E-state index in [1.54, 1.807) is 0 Å². The number of para-hydroxylation sites is 2. The van der Waals surface area contributed by atoms with Crippen LogP contribution in [-0.2, 0) is 9.59 Å². The molecule has 0 radical (unpaired) electrons. The van der Waals surface area contributed by atoms with Crippen molar-refractivity contribution in [2.75, 3.05) is 28.6 Å². The first-order chi connectivity index (χ1) is 15.4. The van der Waals surface area contributed by atoms with Crippen LogP contribution in [0.15, 0.2) is 54.6 Å². The first kappa shape index (κ1) is 21.6. The number of nitrogens with one attached hydrogen (secondary N) is 2. The van der Waals surface area contributed by atoms with Crippen LogP contribution in [0.2, 0.25) is 0 Å². The summed E-state index contributed by atoms with van der Waals surface area (Å²) < 4.78 is 1.88. The van der Waals surface area contributed by atoms with E-state index in [0.717, 1.165) is 47.0 Å². The van der Waals surface area contributed by atoms with Crippen molar-refractivity contribution in [2.45, 2.75) is 33.6 Å². The maximum Gasteiger partial charge on any atom is 0.227 e. The third-order valence-corrected chi connectivity index (χ3v) is 5.91. The summed E-state index contributed by atoms with van der Waals surface area (Å²) in [6.07, 6.45) is 1.46. The summed E-state index contributed by atoms with van der Waals surface area (Å²) in [4.78, 5) is 27.0. The lowest BCUT2D eigenvalue weighted by molar-refractivity contribution is -0.120. The van der Waals surface area contributed by atoms with Crippen molar-refractivity contribution in [3.05, 3.63) is 65.9 Å². The van der Waals surface area contributed by atoms with Gasteiger partial charge in [-0.3, -0.25) is 9.59 Å². The predicted octanol–water partition coefficient (Wildman–Crippen LogP) is 4.30. The Hall–Kier alpha value is -3.61. The minimum Gasteiger partial charge on any atom is -0.355 e. The molecule has 0 saturated carbocycles. The summed E-state index contributed by atoms with van der Waals surface area (Å²) in [5.41, 5.74) is 4.34. The zero-order valence-corrected chi connectivity index (χ0v) is 18.8. The first-order valence-electron chi connectivity index (χ1n) is 11.0. The van der Waals surface area contributed by atoms with E-state index in [2.05, 4.69) is 15.5 Å². The molecule has 4 rings (SSSR count). The molecule has 0 unspecified atom stereocenters. The average Bonchev–Trinajstić information content (AvgIpc) is 3.11. The molecule has 32 heavy (non-hydrogen) atoms. The van der Waals surface area contributed by atoms with Crippen molar-refractivity contribution < 1.29 is 9.59 Å². The Morgan fingerprint density at radius 2 is 1.59 bits per heavy atom. The Kier molecular flexibility index (Phi) is 6.25. The summed E-state index contributed by atoms with van der Waals surface area (Å²) in [5.74, 6) is 0.745. The van der Waals surface area contributed by atoms with Crippen molar-refractivity contribution in [1.29, 1.82) is 0 Å². The number of rotatable bonds is 5.